The summed E-state index contributed by atoms with van der Waals surface area (Å²) in [6.07, 6.45) is 0. The van der Waals surface area contributed by atoms with Crippen LogP contribution in [0.3, 0.4) is 0 Å². The molecule has 0 bridgehead atoms. The molecule has 0 unspecified atom stereocenters. The summed E-state index contributed by atoms with van der Waals surface area (Å²) in [5.41, 5.74) is 7.69. The van der Waals surface area contributed by atoms with Gasteiger partial charge in [0, 0.05) is 31.1 Å². The molecule has 0 aliphatic carbocycles. The maximum Gasteiger partial charge on any atom is 0.261 e. The monoisotopic (exact) mass is 514 g/mol. The van der Waals surface area contributed by atoms with Crippen LogP contribution in [-0.4, -0.2) is 79.8 Å². The molecule has 0 radical (unpaired) electrons. The summed E-state index contributed by atoms with van der Waals surface area (Å²) in [5.74, 6) is 1.10. The van der Waals surface area contributed by atoms with Crippen LogP contribution in [0, 0.1) is 0 Å². The van der Waals surface area contributed by atoms with Gasteiger partial charge >= 0.3 is 0 Å². The number of carbonyl (C=O) groups is 1. The molecule has 1 aromatic carbocycles. The summed E-state index contributed by atoms with van der Waals surface area (Å²) in [4.78, 5) is 30.5. The van der Waals surface area contributed by atoms with Gasteiger partial charge in [0.25, 0.3) is 5.91 Å². The van der Waals surface area contributed by atoms with Gasteiger partial charge < -0.3 is 35.0 Å². The normalized spacial score (nSPS) is 12.9. The molecule has 36 heavy (non-hydrogen) atoms. The van der Waals surface area contributed by atoms with E-state index in [9.17, 15) is 4.79 Å². The maximum atomic E-state index is 12.7. The van der Waals surface area contributed by atoms with E-state index in [1.54, 1.807) is 13.2 Å². The highest BCUT2D eigenvalue weighted by Gasteiger charge is 2.22. The minimum atomic E-state index is -0.225. The largest absolute Gasteiger partial charge is 0.454 e. The van der Waals surface area contributed by atoms with Gasteiger partial charge in [-0.1, -0.05) is 19.0 Å². The third-order valence-electron chi connectivity index (χ3n) is 5.64. The minimum absolute atomic E-state index is 0.0716. The molecule has 3 N–H and O–H groups in total. The summed E-state index contributed by atoms with van der Waals surface area (Å²) in [5, 5.41) is 7.94. The van der Waals surface area contributed by atoms with Crippen LogP contribution in [0.1, 0.15) is 34.8 Å². The SMILES string of the molecule is CCN(CC)CCON=C(c1ccc2c(c1)OCO2)c1nc(N)nc2sc(C(=O)NCCOC)cc12. The highest BCUT2D eigenvalue weighted by molar-refractivity contribution is 7.20. The van der Waals surface area contributed by atoms with Crippen LogP contribution in [0.2, 0.25) is 0 Å². The van der Waals surface area contributed by atoms with E-state index >= 15 is 0 Å². The number of rotatable bonds is 12. The molecule has 11 nitrogen and oxygen atoms in total. The number of likely N-dealkylation sites (N-methyl/N-ethyl adjacent to an activating group) is 1. The predicted octanol–water partition coefficient (Wildman–Crippen LogP) is 2.49. The predicted molar refractivity (Wildman–Crippen MR) is 138 cm³/mol. The molecular formula is C24H30N6O5S. The maximum absolute atomic E-state index is 12.7. The van der Waals surface area contributed by atoms with Gasteiger partial charge in [-0.3, -0.25) is 4.79 Å². The molecule has 0 saturated carbocycles. The highest BCUT2D eigenvalue weighted by Crippen LogP contribution is 2.34. The first kappa shape index (κ1) is 25.6. The number of nitrogens with zero attached hydrogens (tertiary/aromatic N) is 4. The molecule has 0 atom stereocenters. The molecule has 1 aliphatic rings. The standard InChI is InChI=1S/C24H30N6O5S/c1-4-30(5-2)9-11-35-29-20(15-6-7-17-18(12-15)34-14-33-17)21-16-13-19(22(31)26-8-10-32-3)36-23(16)28-24(25)27-21/h6-7,12-13H,4-5,8-11,14H2,1-3H3,(H,26,31)(H2,25,27,28). The average molecular weight is 515 g/mol. The Kier molecular flexibility index (Phi) is 8.52. The number of hydrogen-bond donors (Lipinski definition) is 2. The average Bonchev–Trinajstić information content (AvgIpc) is 3.53. The lowest BCUT2D eigenvalue weighted by Crippen LogP contribution is -2.26. The lowest BCUT2D eigenvalue weighted by Gasteiger charge is -2.16. The van der Waals surface area contributed by atoms with Gasteiger partial charge in [-0.2, -0.15) is 0 Å². The fourth-order valence-electron chi connectivity index (χ4n) is 3.68. The zero-order valence-corrected chi connectivity index (χ0v) is 21.4. The van der Waals surface area contributed by atoms with Crippen LogP contribution in [0.25, 0.3) is 10.2 Å². The van der Waals surface area contributed by atoms with Gasteiger partial charge in [0.05, 0.1) is 11.5 Å². The van der Waals surface area contributed by atoms with Crippen LogP contribution in [0.5, 0.6) is 11.5 Å². The van der Waals surface area contributed by atoms with E-state index in [1.807, 2.05) is 18.2 Å². The van der Waals surface area contributed by atoms with Crippen molar-refractivity contribution in [3.05, 3.63) is 40.4 Å². The summed E-state index contributed by atoms with van der Waals surface area (Å²) >= 11 is 1.23. The molecule has 0 saturated heterocycles. The van der Waals surface area contributed by atoms with E-state index in [0.717, 1.165) is 19.6 Å². The Morgan fingerprint density at radius 3 is 2.78 bits per heavy atom. The molecule has 0 spiro atoms. The Balaban J connectivity index is 1.72. The molecule has 4 rings (SSSR count). The number of methoxy groups -OCH3 is 1. The Morgan fingerprint density at radius 2 is 2.00 bits per heavy atom. The van der Waals surface area contributed by atoms with Crippen LogP contribution in [-0.2, 0) is 9.57 Å². The second-order valence-electron chi connectivity index (χ2n) is 7.88. The zero-order chi connectivity index (χ0) is 25.5. The van der Waals surface area contributed by atoms with Gasteiger partial charge in [0.2, 0.25) is 12.7 Å². The van der Waals surface area contributed by atoms with Gasteiger partial charge in [-0.15, -0.1) is 11.3 Å². The number of oxime groups is 1. The van der Waals surface area contributed by atoms with Gasteiger partial charge in [-0.05, 0) is 37.4 Å². The summed E-state index contributed by atoms with van der Waals surface area (Å²) < 4.78 is 16.0. The van der Waals surface area contributed by atoms with Crippen molar-refractivity contribution >= 4 is 39.1 Å². The number of nitrogens with one attached hydrogen (secondary N) is 1. The smallest absolute Gasteiger partial charge is 0.261 e. The third-order valence-corrected chi connectivity index (χ3v) is 6.67. The molecule has 2 aromatic heterocycles. The van der Waals surface area contributed by atoms with Gasteiger partial charge in [0.1, 0.15) is 22.8 Å². The Morgan fingerprint density at radius 1 is 1.19 bits per heavy atom. The highest BCUT2D eigenvalue weighted by atomic mass is 32.1. The van der Waals surface area contributed by atoms with E-state index in [-0.39, 0.29) is 18.6 Å². The number of carbonyl (C=O) groups excluding carboxylic acids is 1. The third kappa shape index (κ3) is 5.83. The van der Waals surface area contributed by atoms with Crippen molar-refractivity contribution in [1.82, 2.24) is 20.2 Å². The first-order valence-electron chi connectivity index (χ1n) is 11.7. The van der Waals surface area contributed by atoms with Crippen LogP contribution >= 0.6 is 11.3 Å². The molecule has 3 aromatic rings. The molecule has 192 valence electrons. The van der Waals surface area contributed by atoms with Crippen LogP contribution in [0.4, 0.5) is 5.95 Å². The lowest BCUT2D eigenvalue weighted by molar-refractivity contribution is 0.0941. The Bertz CT molecular complexity index is 1240. The van der Waals surface area contributed by atoms with Gasteiger partial charge in [0.15, 0.2) is 11.5 Å². The number of amides is 1. The van der Waals surface area contributed by atoms with E-state index in [1.165, 1.54) is 11.3 Å². The Hall–Kier alpha value is -3.48. The molecule has 1 aliphatic heterocycles. The van der Waals surface area contributed by atoms with E-state index < -0.39 is 0 Å². The number of ether oxygens (including phenoxy) is 3. The number of benzene rings is 1. The number of anilines is 1. The Labute approximate surface area is 213 Å². The lowest BCUT2D eigenvalue weighted by atomic mass is 10.0. The van der Waals surface area contributed by atoms with Crippen molar-refractivity contribution < 1.29 is 23.8 Å². The summed E-state index contributed by atoms with van der Waals surface area (Å²) in [7, 11) is 1.58. The zero-order valence-electron chi connectivity index (χ0n) is 20.6. The number of hydrogen-bond acceptors (Lipinski definition) is 11. The number of thiophene rings is 1. The fraction of sp³-hybridized carbons (Fsp3) is 0.417. The first-order valence-corrected chi connectivity index (χ1v) is 12.5. The van der Waals surface area contributed by atoms with Crippen molar-refractivity contribution in [3.8, 4) is 11.5 Å². The van der Waals surface area contributed by atoms with E-state index in [4.69, 9.17) is 24.8 Å². The van der Waals surface area contributed by atoms with Crippen molar-refractivity contribution in [2.75, 3.05) is 59.0 Å². The molecule has 3 heterocycles. The van der Waals surface area contributed by atoms with Crippen molar-refractivity contribution in [2.45, 2.75) is 13.8 Å². The first-order chi connectivity index (χ1) is 17.5. The molecule has 1 amide bonds. The summed E-state index contributed by atoms with van der Waals surface area (Å²) in [6, 6.07) is 7.24. The second kappa shape index (κ2) is 12.0. The van der Waals surface area contributed by atoms with Crippen LogP contribution in [0.15, 0.2) is 29.4 Å². The molecule has 12 heteroatoms. The number of nitrogen functional groups attached to an aromatic ring is 1. The quantitative estimate of drug-likeness (QED) is 0.212. The van der Waals surface area contributed by atoms with E-state index in [0.29, 0.717) is 63.3 Å². The van der Waals surface area contributed by atoms with Crippen molar-refractivity contribution in [1.29, 1.82) is 0 Å². The number of fused-ring (bicyclic) bond motifs is 2. The second-order valence-corrected chi connectivity index (χ2v) is 8.91. The van der Waals surface area contributed by atoms with E-state index in [2.05, 4.69) is 39.2 Å². The topological polar surface area (TPSA) is 133 Å². The summed E-state index contributed by atoms with van der Waals surface area (Å²) in [6.45, 7) is 8.15. The van der Waals surface area contributed by atoms with Gasteiger partial charge in [-0.25, -0.2) is 9.97 Å². The molecule has 0 fully saturated rings. The van der Waals surface area contributed by atoms with Crippen molar-refractivity contribution in [3.63, 3.8) is 0 Å². The van der Waals surface area contributed by atoms with Crippen molar-refractivity contribution in [2.24, 2.45) is 5.16 Å². The number of nitrogens with two attached hydrogens (primary N) is 1. The minimum Gasteiger partial charge on any atom is -0.454 e. The molecular weight excluding hydrogens is 484 g/mol. The number of aromatic nitrogens is 2. The van der Waals surface area contributed by atoms with Crippen LogP contribution < -0.4 is 20.5 Å². The fourth-order valence-corrected chi connectivity index (χ4v) is 4.64.